The Morgan fingerprint density at radius 2 is 1.77 bits per heavy atom. The van der Waals surface area contributed by atoms with Gasteiger partial charge in [-0.2, -0.15) is 0 Å². The smallest absolute Gasteiger partial charge is 0.306 e. The summed E-state index contributed by atoms with van der Waals surface area (Å²) in [6, 6.07) is 0. The monoisotopic (exact) mass is 416 g/mol. The van der Waals surface area contributed by atoms with Crippen LogP contribution >= 0.6 is 0 Å². The zero-order chi connectivity index (χ0) is 21.7. The summed E-state index contributed by atoms with van der Waals surface area (Å²) in [6.07, 6.45) is 9.07. The van der Waals surface area contributed by atoms with E-state index in [4.69, 9.17) is 9.47 Å². The van der Waals surface area contributed by atoms with E-state index in [0.29, 0.717) is 24.5 Å². The minimum absolute atomic E-state index is 0.0297. The van der Waals surface area contributed by atoms with Crippen molar-refractivity contribution in [3.63, 3.8) is 0 Å². The second-order valence-electron chi connectivity index (χ2n) is 10.5. The first-order chi connectivity index (χ1) is 14.2. The Kier molecular flexibility index (Phi) is 5.61. The van der Waals surface area contributed by atoms with Gasteiger partial charge in [0.25, 0.3) is 0 Å². The van der Waals surface area contributed by atoms with Crippen molar-refractivity contribution in [3.8, 4) is 0 Å². The summed E-state index contributed by atoms with van der Waals surface area (Å²) < 4.78 is 11.6. The fourth-order valence-corrected chi connectivity index (χ4v) is 7.22. The van der Waals surface area contributed by atoms with E-state index in [9.17, 15) is 14.4 Å². The SMILES string of the molecule is CCCC(=O)O[C@@H]1C=C2C[C@@H](OC(C)=O)CC[C@]2(C)C2CC[C@]3(C)C(=O)CCC3C21. The molecule has 0 bridgehead atoms. The third-order valence-corrected chi connectivity index (χ3v) is 8.83. The minimum Gasteiger partial charge on any atom is -0.462 e. The normalized spacial score (nSPS) is 42.5. The molecule has 0 aromatic heterocycles. The maximum Gasteiger partial charge on any atom is 0.306 e. The van der Waals surface area contributed by atoms with Crippen LogP contribution < -0.4 is 0 Å². The molecule has 166 valence electrons. The number of hydrogen-bond acceptors (Lipinski definition) is 5. The lowest BCUT2D eigenvalue weighted by Crippen LogP contribution is -2.55. The Hall–Kier alpha value is -1.65. The van der Waals surface area contributed by atoms with Gasteiger partial charge in [-0.25, -0.2) is 0 Å². The lowest BCUT2D eigenvalue weighted by molar-refractivity contribution is -0.161. The molecule has 30 heavy (non-hydrogen) atoms. The molecule has 0 N–H and O–H groups in total. The first-order valence-electron chi connectivity index (χ1n) is 11.8. The van der Waals surface area contributed by atoms with Gasteiger partial charge in [0.15, 0.2) is 0 Å². The molecule has 0 spiro atoms. The quantitative estimate of drug-likeness (QED) is 0.488. The molecule has 5 heteroatoms. The highest BCUT2D eigenvalue weighted by molar-refractivity contribution is 5.87. The summed E-state index contributed by atoms with van der Waals surface area (Å²) in [5.74, 6) is 0.897. The molecule has 0 aliphatic heterocycles. The van der Waals surface area contributed by atoms with E-state index in [0.717, 1.165) is 44.9 Å². The summed E-state index contributed by atoms with van der Waals surface area (Å²) in [5, 5.41) is 0. The number of rotatable bonds is 4. The fraction of sp³-hybridized carbons (Fsp3) is 0.800. The molecular weight excluding hydrogens is 380 g/mol. The Balaban J connectivity index is 1.70. The van der Waals surface area contributed by atoms with E-state index in [1.54, 1.807) is 0 Å². The second kappa shape index (κ2) is 7.80. The summed E-state index contributed by atoms with van der Waals surface area (Å²) in [4.78, 5) is 36.8. The van der Waals surface area contributed by atoms with Crippen molar-refractivity contribution in [1.82, 2.24) is 0 Å². The third kappa shape index (κ3) is 3.42. The van der Waals surface area contributed by atoms with Gasteiger partial charge in [0.05, 0.1) is 0 Å². The fourth-order valence-electron chi connectivity index (χ4n) is 7.22. The molecule has 0 radical (unpaired) electrons. The highest BCUT2D eigenvalue weighted by Gasteiger charge is 2.61. The van der Waals surface area contributed by atoms with Gasteiger partial charge in [-0.15, -0.1) is 0 Å². The van der Waals surface area contributed by atoms with E-state index in [-0.39, 0.29) is 46.8 Å². The first-order valence-corrected chi connectivity index (χ1v) is 11.8. The van der Waals surface area contributed by atoms with Gasteiger partial charge in [0, 0.05) is 37.5 Å². The third-order valence-electron chi connectivity index (χ3n) is 8.83. The lowest BCUT2D eigenvalue weighted by atomic mass is 9.47. The maximum atomic E-state index is 12.8. The molecule has 4 aliphatic rings. The Morgan fingerprint density at radius 3 is 2.47 bits per heavy atom. The predicted molar refractivity (Wildman–Crippen MR) is 112 cm³/mol. The molecule has 4 aliphatic carbocycles. The van der Waals surface area contributed by atoms with Gasteiger partial charge in [0.2, 0.25) is 0 Å². The molecule has 4 rings (SSSR count). The van der Waals surface area contributed by atoms with Crippen LogP contribution in [0.5, 0.6) is 0 Å². The van der Waals surface area contributed by atoms with Crippen molar-refractivity contribution >= 4 is 17.7 Å². The number of hydrogen-bond donors (Lipinski definition) is 0. The Bertz CT molecular complexity index is 770. The highest BCUT2D eigenvalue weighted by Crippen LogP contribution is 2.64. The molecule has 7 atom stereocenters. The van der Waals surface area contributed by atoms with Gasteiger partial charge in [0.1, 0.15) is 18.0 Å². The second-order valence-corrected chi connectivity index (χ2v) is 10.5. The number of Topliss-reactive ketones (excluding diaryl/α,β-unsaturated/α-hetero) is 1. The molecule has 0 amide bonds. The zero-order valence-corrected chi connectivity index (χ0v) is 18.9. The van der Waals surface area contributed by atoms with Gasteiger partial charge < -0.3 is 9.47 Å². The van der Waals surface area contributed by atoms with Gasteiger partial charge in [-0.05, 0) is 61.9 Å². The van der Waals surface area contributed by atoms with Crippen LogP contribution in [0.15, 0.2) is 11.6 Å². The number of ketones is 1. The van der Waals surface area contributed by atoms with Crippen molar-refractivity contribution in [3.05, 3.63) is 11.6 Å². The van der Waals surface area contributed by atoms with Crippen molar-refractivity contribution in [2.24, 2.45) is 28.6 Å². The van der Waals surface area contributed by atoms with E-state index >= 15 is 0 Å². The van der Waals surface area contributed by atoms with Crippen molar-refractivity contribution in [2.75, 3.05) is 0 Å². The molecule has 3 fully saturated rings. The number of carbonyl (C=O) groups is 3. The molecule has 0 saturated heterocycles. The van der Waals surface area contributed by atoms with Crippen LogP contribution in [0.25, 0.3) is 0 Å². The molecule has 0 heterocycles. The highest BCUT2D eigenvalue weighted by atomic mass is 16.5. The van der Waals surface area contributed by atoms with Crippen molar-refractivity contribution in [2.45, 2.75) is 97.7 Å². The number of fused-ring (bicyclic) bond motifs is 5. The van der Waals surface area contributed by atoms with Crippen LogP contribution in [-0.2, 0) is 23.9 Å². The molecule has 0 aromatic rings. The van der Waals surface area contributed by atoms with Crippen LogP contribution in [0.4, 0.5) is 0 Å². The van der Waals surface area contributed by atoms with E-state index in [1.807, 2.05) is 6.92 Å². The van der Waals surface area contributed by atoms with Crippen LogP contribution in [0.2, 0.25) is 0 Å². The first kappa shape index (κ1) is 21.6. The average molecular weight is 417 g/mol. The summed E-state index contributed by atoms with van der Waals surface area (Å²) >= 11 is 0. The Morgan fingerprint density at radius 1 is 1.07 bits per heavy atom. The maximum absolute atomic E-state index is 12.8. The standard InChI is InChI=1S/C25H36O5/c1-5-6-22(28)30-20-14-16-13-17(29-15(2)26)9-11-24(16,3)19-10-12-25(4)18(23(19)20)7-8-21(25)27/h14,17-20,23H,5-13H2,1-4H3/t17-,18?,19?,20+,23?,24-,25-/m0/s1. The topological polar surface area (TPSA) is 69.7 Å². The van der Waals surface area contributed by atoms with Gasteiger partial charge >= 0.3 is 11.9 Å². The zero-order valence-electron chi connectivity index (χ0n) is 18.9. The summed E-state index contributed by atoms with van der Waals surface area (Å²) in [5.41, 5.74) is 1.04. The van der Waals surface area contributed by atoms with E-state index in [1.165, 1.54) is 12.5 Å². The van der Waals surface area contributed by atoms with E-state index < -0.39 is 0 Å². The number of ether oxygens (including phenoxy) is 2. The lowest BCUT2D eigenvalue weighted by Gasteiger charge is -2.58. The average Bonchev–Trinajstić information content (AvgIpc) is 2.97. The predicted octanol–water partition coefficient (Wildman–Crippen LogP) is 4.77. The van der Waals surface area contributed by atoms with Crippen LogP contribution in [-0.4, -0.2) is 29.9 Å². The number of esters is 2. The van der Waals surface area contributed by atoms with Crippen molar-refractivity contribution in [1.29, 1.82) is 0 Å². The van der Waals surface area contributed by atoms with Crippen LogP contribution in [0, 0.1) is 28.6 Å². The summed E-state index contributed by atoms with van der Waals surface area (Å²) in [6.45, 7) is 7.95. The Labute approximate surface area is 179 Å². The molecule has 0 aromatic carbocycles. The van der Waals surface area contributed by atoms with Gasteiger partial charge in [-0.1, -0.05) is 26.3 Å². The summed E-state index contributed by atoms with van der Waals surface area (Å²) in [7, 11) is 0. The minimum atomic E-state index is -0.274. The molecular formula is C25H36O5. The molecule has 5 nitrogen and oxygen atoms in total. The number of carbonyl (C=O) groups excluding carboxylic acids is 3. The van der Waals surface area contributed by atoms with Gasteiger partial charge in [-0.3, -0.25) is 14.4 Å². The largest absolute Gasteiger partial charge is 0.462 e. The molecule has 3 unspecified atom stereocenters. The van der Waals surface area contributed by atoms with Crippen LogP contribution in [0.3, 0.4) is 0 Å². The van der Waals surface area contributed by atoms with Crippen LogP contribution in [0.1, 0.15) is 85.5 Å². The van der Waals surface area contributed by atoms with E-state index in [2.05, 4.69) is 19.9 Å². The van der Waals surface area contributed by atoms with Crippen molar-refractivity contribution < 1.29 is 23.9 Å². The molecule has 3 saturated carbocycles.